The third-order valence-corrected chi connectivity index (χ3v) is 4.41. The minimum Gasteiger partial charge on any atom is -0.396 e. The molecule has 2 N–H and O–H groups in total. The second-order valence-electron chi connectivity index (χ2n) is 5.50. The summed E-state index contributed by atoms with van der Waals surface area (Å²) in [4.78, 5) is 10.2. The zero-order chi connectivity index (χ0) is 14.6. The molecule has 1 fully saturated rings. The van der Waals surface area contributed by atoms with E-state index < -0.39 is 4.92 Å². The van der Waals surface area contributed by atoms with E-state index in [2.05, 4.69) is 5.32 Å². The Balaban J connectivity index is 1.92. The number of non-ortho nitro benzene ring substituents is 1. The standard InChI is InChI=1S/C14H19ClN2O3/c15-13-7-12(17(19)20)4-3-11(13)8-16-9-14(10-18)5-1-2-6-14/h3-4,7,16,18H,1-2,5-6,8-10H2. The lowest BCUT2D eigenvalue weighted by atomic mass is 9.87. The van der Waals surface area contributed by atoms with Gasteiger partial charge in [0, 0.05) is 37.2 Å². The quantitative estimate of drug-likeness (QED) is 0.625. The number of hydrogen-bond acceptors (Lipinski definition) is 4. The molecule has 0 bridgehead atoms. The molecule has 0 saturated heterocycles. The second kappa shape index (κ2) is 6.52. The zero-order valence-electron chi connectivity index (χ0n) is 11.3. The highest BCUT2D eigenvalue weighted by molar-refractivity contribution is 6.31. The van der Waals surface area contributed by atoms with Gasteiger partial charge in [-0.1, -0.05) is 24.4 Å². The Morgan fingerprint density at radius 2 is 2.10 bits per heavy atom. The third-order valence-electron chi connectivity index (χ3n) is 4.06. The average Bonchev–Trinajstić information content (AvgIpc) is 2.90. The molecule has 1 aromatic carbocycles. The molecule has 0 spiro atoms. The molecule has 5 nitrogen and oxygen atoms in total. The minimum atomic E-state index is -0.456. The highest BCUT2D eigenvalue weighted by Crippen LogP contribution is 2.37. The van der Waals surface area contributed by atoms with Crippen LogP contribution in [-0.4, -0.2) is 23.2 Å². The van der Waals surface area contributed by atoms with Crippen LogP contribution in [0.5, 0.6) is 0 Å². The Morgan fingerprint density at radius 3 is 2.65 bits per heavy atom. The molecule has 0 heterocycles. The normalized spacial score (nSPS) is 17.3. The molecule has 1 aromatic rings. The van der Waals surface area contributed by atoms with Crippen LogP contribution in [0.1, 0.15) is 31.2 Å². The molecule has 0 aliphatic heterocycles. The molecular formula is C14H19ClN2O3. The number of nitrogens with zero attached hydrogens (tertiary/aromatic N) is 1. The molecule has 2 rings (SSSR count). The first-order valence-electron chi connectivity index (χ1n) is 6.81. The van der Waals surface area contributed by atoms with Crippen molar-refractivity contribution in [2.75, 3.05) is 13.2 Å². The van der Waals surface area contributed by atoms with Crippen molar-refractivity contribution in [2.24, 2.45) is 5.41 Å². The molecule has 1 aliphatic carbocycles. The monoisotopic (exact) mass is 298 g/mol. The molecule has 0 atom stereocenters. The lowest BCUT2D eigenvalue weighted by Crippen LogP contribution is -2.34. The van der Waals surface area contributed by atoms with Crippen molar-refractivity contribution in [1.29, 1.82) is 0 Å². The van der Waals surface area contributed by atoms with Gasteiger partial charge in [-0.2, -0.15) is 0 Å². The summed E-state index contributed by atoms with van der Waals surface area (Å²) < 4.78 is 0. The maximum atomic E-state index is 10.6. The summed E-state index contributed by atoms with van der Waals surface area (Å²) in [5.41, 5.74) is 0.831. The highest BCUT2D eigenvalue weighted by Gasteiger charge is 2.32. The molecule has 0 aromatic heterocycles. The molecule has 1 saturated carbocycles. The number of nitrogens with one attached hydrogen (secondary N) is 1. The second-order valence-corrected chi connectivity index (χ2v) is 5.91. The van der Waals surface area contributed by atoms with Crippen molar-refractivity contribution in [3.63, 3.8) is 0 Å². The van der Waals surface area contributed by atoms with E-state index in [1.807, 2.05) is 0 Å². The first-order valence-corrected chi connectivity index (χ1v) is 7.18. The van der Waals surface area contributed by atoms with Gasteiger partial charge >= 0.3 is 0 Å². The van der Waals surface area contributed by atoms with Crippen LogP contribution >= 0.6 is 11.6 Å². The van der Waals surface area contributed by atoms with Gasteiger partial charge in [0.05, 0.1) is 9.95 Å². The summed E-state index contributed by atoms with van der Waals surface area (Å²) in [5.74, 6) is 0. The molecular weight excluding hydrogens is 280 g/mol. The van der Waals surface area contributed by atoms with Crippen LogP contribution in [0.25, 0.3) is 0 Å². The Bertz CT molecular complexity index is 487. The number of nitro benzene ring substituents is 1. The van der Waals surface area contributed by atoms with Gasteiger partial charge < -0.3 is 10.4 Å². The maximum Gasteiger partial charge on any atom is 0.270 e. The molecule has 0 radical (unpaired) electrons. The Hall–Kier alpha value is -1.17. The van der Waals surface area contributed by atoms with Gasteiger partial charge in [0.15, 0.2) is 0 Å². The van der Waals surface area contributed by atoms with Crippen LogP contribution in [0.2, 0.25) is 5.02 Å². The molecule has 0 amide bonds. The van der Waals surface area contributed by atoms with E-state index in [9.17, 15) is 15.2 Å². The van der Waals surface area contributed by atoms with Crippen molar-refractivity contribution in [3.8, 4) is 0 Å². The summed E-state index contributed by atoms with van der Waals surface area (Å²) in [5, 5.41) is 23.9. The molecule has 0 unspecified atom stereocenters. The smallest absolute Gasteiger partial charge is 0.270 e. The number of rotatable bonds is 6. The molecule has 6 heteroatoms. The fourth-order valence-corrected chi connectivity index (χ4v) is 3.01. The summed E-state index contributed by atoms with van der Waals surface area (Å²) in [6, 6.07) is 4.50. The number of aliphatic hydroxyl groups excluding tert-OH is 1. The van der Waals surface area contributed by atoms with Crippen LogP contribution in [0.4, 0.5) is 5.69 Å². The maximum absolute atomic E-state index is 10.6. The zero-order valence-corrected chi connectivity index (χ0v) is 12.0. The third kappa shape index (κ3) is 3.48. The Morgan fingerprint density at radius 1 is 1.40 bits per heavy atom. The van der Waals surface area contributed by atoms with E-state index in [1.54, 1.807) is 6.07 Å². The fraction of sp³-hybridized carbons (Fsp3) is 0.571. The van der Waals surface area contributed by atoms with Crippen molar-refractivity contribution >= 4 is 17.3 Å². The predicted molar refractivity (Wildman–Crippen MR) is 77.8 cm³/mol. The minimum absolute atomic E-state index is 0.00127. The first kappa shape index (κ1) is 15.2. The van der Waals surface area contributed by atoms with Gasteiger partial charge in [-0.3, -0.25) is 10.1 Å². The number of benzene rings is 1. The van der Waals surface area contributed by atoms with Gasteiger partial charge in [-0.15, -0.1) is 0 Å². The van der Waals surface area contributed by atoms with Crippen LogP contribution in [0.15, 0.2) is 18.2 Å². The number of halogens is 1. The van der Waals surface area contributed by atoms with E-state index in [1.165, 1.54) is 25.0 Å². The molecule has 20 heavy (non-hydrogen) atoms. The van der Waals surface area contributed by atoms with Crippen molar-refractivity contribution in [2.45, 2.75) is 32.2 Å². The van der Waals surface area contributed by atoms with Crippen molar-refractivity contribution < 1.29 is 10.0 Å². The molecule has 110 valence electrons. The van der Waals surface area contributed by atoms with Gasteiger partial charge in [0.1, 0.15) is 0 Å². The van der Waals surface area contributed by atoms with Crippen LogP contribution in [0.3, 0.4) is 0 Å². The molecule has 1 aliphatic rings. The highest BCUT2D eigenvalue weighted by atomic mass is 35.5. The van der Waals surface area contributed by atoms with Gasteiger partial charge in [-0.25, -0.2) is 0 Å². The van der Waals surface area contributed by atoms with Crippen molar-refractivity contribution in [3.05, 3.63) is 38.9 Å². The van der Waals surface area contributed by atoms with Gasteiger partial charge in [-0.05, 0) is 24.5 Å². The SMILES string of the molecule is O=[N+]([O-])c1ccc(CNCC2(CO)CCCC2)c(Cl)c1. The summed E-state index contributed by atoms with van der Waals surface area (Å²) in [6.45, 7) is 1.50. The van der Waals surface area contributed by atoms with Crippen molar-refractivity contribution in [1.82, 2.24) is 5.32 Å². The largest absolute Gasteiger partial charge is 0.396 e. The van der Waals surface area contributed by atoms with Gasteiger partial charge in [0.25, 0.3) is 5.69 Å². The lowest BCUT2D eigenvalue weighted by molar-refractivity contribution is -0.384. The topological polar surface area (TPSA) is 75.4 Å². The summed E-state index contributed by atoms with van der Waals surface area (Å²) in [6.07, 6.45) is 4.43. The predicted octanol–water partition coefficient (Wildman–Crippen LogP) is 2.89. The summed E-state index contributed by atoms with van der Waals surface area (Å²) in [7, 11) is 0. The van der Waals surface area contributed by atoms with Gasteiger partial charge in [0.2, 0.25) is 0 Å². The van der Waals surface area contributed by atoms with E-state index in [0.29, 0.717) is 11.6 Å². The van der Waals surface area contributed by atoms with E-state index >= 15 is 0 Å². The number of hydrogen-bond donors (Lipinski definition) is 2. The summed E-state index contributed by atoms with van der Waals surface area (Å²) >= 11 is 6.04. The fourth-order valence-electron chi connectivity index (χ4n) is 2.77. The van der Waals surface area contributed by atoms with E-state index in [4.69, 9.17) is 11.6 Å². The average molecular weight is 299 g/mol. The Kier molecular flexibility index (Phi) is 4.96. The Labute approximate surface area is 123 Å². The first-order chi connectivity index (χ1) is 9.56. The number of aliphatic hydroxyl groups is 1. The van der Waals surface area contributed by atoms with Crippen LogP contribution < -0.4 is 5.32 Å². The lowest BCUT2D eigenvalue weighted by Gasteiger charge is -2.26. The number of nitro groups is 1. The van der Waals surface area contributed by atoms with Crippen LogP contribution in [0, 0.1) is 15.5 Å². The van der Waals surface area contributed by atoms with Crippen LogP contribution in [-0.2, 0) is 6.54 Å². The van der Waals surface area contributed by atoms with E-state index in [0.717, 1.165) is 24.9 Å². The van der Waals surface area contributed by atoms with E-state index in [-0.39, 0.29) is 17.7 Å².